The number of rotatable bonds is 25. The van der Waals surface area contributed by atoms with E-state index in [0.29, 0.717) is 63.7 Å². The van der Waals surface area contributed by atoms with Crippen LogP contribution in [0.4, 0.5) is 0 Å². The summed E-state index contributed by atoms with van der Waals surface area (Å²) >= 11 is 0. The SMILES string of the molecule is COc1cc(C(=O)O[C@@H]2Cc3c(OCc4ccccc4)cc(OCc4ccccc4)cc3O[C@@H]2c2cc(OCc3ccccc3)c(OCc3ccccc3)c(OCc3ccccc3)c2)cc(OCc2ccccc2)c1OCc1ccccc1. The molecule has 0 saturated carbocycles. The number of methoxy groups -OCH3 is 1. The maximum absolute atomic E-state index is 15.2. The Morgan fingerprint density at radius 3 is 1.12 bits per heavy atom. The van der Waals surface area contributed by atoms with Crippen LogP contribution in [-0.4, -0.2) is 19.2 Å². The van der Waals surface area contributed by atoms with E-state index in [1.165, 1.54) is 7.11 Å². The van der Waals surface area contributed by atoms with Crippen LogP contribution in [0.5, 0.6) is 51.7 Å². The number of hydrogen-bond acceptors (Lipinski definition) is 11. The van der Waals surface area contributed by atoms with Crippen molar-refractivity contribution in [3.63, 3.8) is 0 Å². The van der Waals surface area contributed by atoms with Crippen molar-refractivity contribution in [2.75, 3.05) is 7.11 Å². The molecule has 0 radical (unpaired) electrons. The number of esters is 1. The molecule has 0 amide bonds. The van der Waals surface area contributed by atoms with Gasteiger partial charge in [-0.15, -0.1) is 0 Å². The third-order valence-corrected chi connectivity index (χ3v) is 13.9. The van der Waals surface area contributed by atoms with Gasteiger partial charge in [-0.3, -0.25) is 0 Å². The molecule has 0 N–H and O–H groups in total. The van der Waals surface area contributed by atoms with Gasteiger partial charge in [0.05, 0.1) is 12.7 Å². The van der Waals surface area contributed by atoms with Crippen molar-refractivity contribution in [3.8, 4) is 51.7 Å². The van der Waals surface area contributed by atoms with E-state index < -0.39 is 18.2 Å². The lowest BCUT2D eigenvalue weighted by Crippen LogP contribution is -2.35. The Bertz CT molecular complexity index is 3600. The minimum Gasteiger partial charge on any atom is -0.493 e. The minimum atomic E-state index is -0.987. The van der Waals surface area contributed by atoms with Crippen LogP contribution in [0, 0.1) is 0 Å². The van der Waals surface area contributed by atoms with E-state index in [1.807, 2.05) is 237 Å². The monoisotopic (exact) mass is 1100 g/mol. The summed E-state index contributed by atoms with van der Waals surface area (Å²) in [5.74, 6) is 2.96. The van der Waals surface area contributed by atoms with E-state index in [0.717, 1.165) is 38.9 Å². The van der Waals surface area contributed by atoms with Crippen LogP contribution in [0.3, 0.4) is 0 Å². The molecule has 0 aromatic heterocycles. The van der Waals surface area contributed by atoms with Gasteiger partial charge < -0.3 is 47.4 Å². The first kappa shape index (κ1) is 54.8. The second-order valence-corrected chi connectivity index (χ2v) is 19.9. The summed E-state index contributed by atoms with van der Waals surface area (Å²) in [6, 6.07) is 79.9. The van der Waals surface area contributed by atoms with Crippen LogP contribution >= 0.6 is 0 Å². The molecule has 1 heterocycles. The van der Waals surface area contributed by atoms with Gasteiger partial charge in [-0.1, -0.05) is 212 Å². The minimum absolute atomic E-state index is 0.161. The van der Waals surface area contributed by atoms with Crippen LogP contribution < -0.4 is 42.6 Å². The predicted molar refractivity (Wildman–Crippen MR) is 318 cm³/mol. The summed E-state index contributed by atoms with van der Waals surface area (Å²) in [6.45, 7) is 1.61. The molecule has 11 rings (SSSR count). The van der Waals surface area contributed by atoms with Crippen LogP contribution in [0.1, 0.15) is 66.5 Å². The predicted octanol–water partition coefficient (Wildman–Crippen LogP) is 15.6. The normalized spacial score (nSPS) is 13.3. The van der Waals surface area contributed by atoms with Gasteiger partial charge in [-0.05, 0) is 63.2 Å². The lowest BCUT2D eigenvalue weighted by atomic mass is 9.93. The number of ether oxygens (including phenoxy) is 10. The molecule has 1 aliphatic rings. The van der Waals surface area contributed by atoms with Crippen molar-refractivity contribution >= 4 is 5.97 Å². The molecule has 11 heteroatoms. The Kier molecular flexibility index (Phi) is 18.1. The van der Waals surface area contributed by atoms with E-state index in [9.17, 15) is 0 Å². The van der Waals surface area contributed by atoms with Gasteiger partial charge in [0.2, 0.25) is 11.5 Å². The van der Waals surface area contributed by atoms with Crippen molar-refractivity contribution in [1.82, 2.24) is 0 Å². The van der Waals surface area contributed by atoms with Crippen molar-refractivity contribution in [2.45, 2.75) is 64.9 Å². The third kappa shape index (κ3) is 14.6. The molecule has 416 valence electrons. The van der Waals surface area contributed by atoms with Crippen LogP contribution in [-0.2, 0) is 57.4 Å². The van der Waals surface area contributed by atoms with Crippen LogP contribution in [0.15, 0.2) is 249 Å². The number of fused-ring (bicyclic) bond motifs is 1. The van der Waals surface area contributed by atoms with Gasteiger partial charge in [-0.2, -0.15) is 0 Å². The highest BCUT2D eigenvalue weighted by molar-refractivity contribution is 5.91. The molecule has 0 unspecified atom stereocenters. The molecule has 0 aliphatic carbocycles. The molecule has 0 bridgehead atoms. The van der Waals surface area contributed by atoms with Gasteiger partial charge in [0.25, 0.3) is 0 Å². The van der Waals surface area contributed by atoms with Crippen molar-refractivity contribution in [2.24, 2.45) is 0 Å². The summed E-state index contributed by atoms with van der Waals surface area (Å²) in [6.07, 6.45) is -1.80. The average Bonchev–Trinajstić information content (AvgIpc) is 3.72. The molecular formula is C72H62O11. The summed E-state index contributed by atoms with van der Waals surface area (Å²) in [5, 5.41) is 0. The summed E-state index contributed by atoms with van der Waals surface area (Å²) in [5.41, 5.74) is 8.08. The lowest BCUT2D eigenvalue weighted by molar-refractivity contribution is -0.0191. The Morgan fingerprint density at radius 2 is 0.723 bits per heavy atom. The van der Waals surface area contributed by atoms with Gasteiger partial charge in [0, 0.05) is 29.7 Å². The first-order chi connectivity index (χ1) is 41.0. The largest absolute Gasteiger partial charge is 0.493 e. The molecule has 10 aromatic rings. The summed E-state index contributed by atoms with van der Waals surface area (Å²) in [4.78, 5) is 15.2. The molecule has 2 atom stereocenters. The van der Waals surface area contributed by atoms with E-state index in [2.05, 4.69) is 0 Å². The third-order valence-electron chi connectivity index (χ3n) is 13.9. The van der Waals surface area contributed by atoms with Gasteiger partial charge >= 0.3 is 5.97 Å². The maximum atomic E-state index is 15.2. The maximum Gasteiger partial charge on any atom is 0.338 e. The standard InChI is InChI=1S/C72H62O11/c1-74-64-39-59(40-67(79-48-55-31-17-6-18-32-55)70(64)80-49-56-33-19-7-20-34-56)72(73)83-68-43-61-62(76-45-52-25-11-3-12-26-52)41-60(75-44-51-23-9-2-10-24-51)42-63(61)82-69(68)58-37-65(77-46-53-27-13-4-14-28-53)71(81-50-57-35-21-8-22-36-57)66(38-58)78-47-54-29-15-5-16-30-54/h2-42,68-69H,43-50H2,1H3/t68-,69-/m1/s1. The molecule has 0 saturated heterocycles. The molecule has 1 aliphatic heterocycles. The lowest BCUT2D eigenvalue weighted by Gasteiger charge is -2.35. The zero-order valence-electron chi connectivity index (χ0n) is 46.0. The summed E-state index contributed by atoms with van der Waals surface area (Å²) < 4.78 is 66.5. The quantitative estimate of drug-likeness (QED) is 0.0510. The number of hydrogen-bond donors (Lipinski definition) is 0. The first-order valence-corrected chi connectivity index (χ1v) is 27.6. The van der Waals surface area contributed by atoms with Crippen LogP contribution in [0.25, 0.3) is 0 Å². The molecule has 11 nitrogen and oxygen atoms in total. The fourth-order valence-electron chi connectivity index (χ4n) is 9.58. The zero-order chi connectivity index (χ0) is 56.4. The number of benzene rings is 10. The summed E-state index contributed by atoms with van der Waals surface area (Å²) in [7, 11) is 1.53. The van der Waals surface area contributed by atoms with E-state index >= 15 is 4.79 Å². The molecule has 0 spiro atoms. The van der Waals surface area contributed by atoms with Crippen molar-refractivity contribution in [1.29, 1.82) is 0 Å². The average molecular weight is 1100 g/mol. The molecule has 10 aromatic carbocycles. The fourth-order valence-corrected chi connectivity index (χ4v) is 9.58. The molecular weight excluding hydrogens is 1040 g/mol. The van der Waals surface area contributed by atoms with E-state index in [-0.39, 0.29) is 57.4 Å². The first-order valence-electron chi connectivity index (χ1n) is 27.6. The second kappa shape index (κ2) is 27.4. The van der Waals surface area contributed by atoms with E-state index in [1.54, 1.807) is 12.1 Å². The van der Waals surface area contributed by atoms with Gasteiger partial charge in [-0.25, -0.2) is 4.79 Å². The second-order valence-electron chi connectivity index (χ2n) is 19.9. The number of carbonyl (C=O) groups is 1. The number of carbonyl (C=O) groups excluding carboxylic acids is 1. The smallest absolute Gasteiger partial charge is 0.338 e. The zero-order valence-corrected chi connectivity index (χ0v) is 46.0. The van der Waals surface area contributed by atoms with Gasteiger partial charge in [0.15, 0.2) is 29.1 Å². The van der Waals surface area contributed by atoms with E-state index in [4.69, 9.17) is 47.4 Å². The van der Waals surface area contributed by atoms with Gasteiger partial charge in [0.1, 0.15) is 69.6 Å². The highest BCUT2D eigenvalue weighted by Gasteiger charge is 2.39. The topological polar surface area (TPSA) is 109 Å². The Balaban J connectivity index is 1.02. The van der Waals surface area contributed by atoms with Crippen molar-refractivity contribution in [3.05, 3.63) is 304 Å². The Hall–Kier alpha value is -10.1. The van der Waals surface area contributed by atoms with Crippen LogP contribution in [0.2, 0.25) is 0 Å². The Morgan fingerprint density at radius 1 is 0.386 bits per heavy atom. The van der Waals surface area contributed by atoms with Crippen molar-refractivity contribution < 1.29 is 52.2 Å². The highest BCUT2D eigenvalue weighted by atomic mass is 16.6. The Labute approximate surface area is 484 Å². The fraction of sp³-hybridized carbons (Fsp3) is 0.153. The highest BCUT2D eigenvalue weighted by Crippen LogP contribution is 2.49. The molecule has 0 fully saturated rings. The molecule has 83 heavy (non-hydrogen) atoms.